The third-order valence-electron chi connectivity index (χ3n) is 8.53. The second-order valence-electron chi connectivity index (χ2n) is 11.2. The van der Waals surface area contributed by atoms with Crippen molar-refractivity contribution in [1.29, 1.82) is 0 Å². The van der Waals surface area contributed by atoms with Crippen molar-refractivity contribution in [2.75, 3.05) is 13.2 Å². The molecule has 6 rings (SSSR count). The minimum absolute atomic E-state index is 0.0682. The number of aliphatic hydroxyl groups is 1. The summed E-state index contributed by atoms with van der Waals surface area (Å²) in [6.07, 6.45) is 11.2. The van der Waals surface area contributed by atoms with Crippen molar-refractivity contribution in [3.05, 3.63) is 59.6 Å². The zero-order valence-corrected chi connectivity index (χ0v) is 21.1. The maximum absolute atomic E-state index is 15.4. The molecule has 2 heterocycles. The van der Waals surface area contributed by atoms with Crippen LogP contribution in [0, 0.1) is 23.6 Å². The Hall–Kier alpha value is -3.47. The number of Topliss-reactive ketones (excluding diaryl/α,β-unsaturated/α-hetero) is 1. The zero-order valence-electron chi connectivity index (χ0n) is 21.1. The topological polar surface area (TPSA) is 88.8 Å². The van der Waals surface area contributed by atoms with Crippen LogP contribution in [0.1, 0.15) is 67.5 Å². The Balaban J connectivity index is 1.25. The molecule has 6 nitrogen and oxygen atoms in total. The molecule has 38 heavy (non-hydrogen) atoms. The number of terminal acetylenes is 1. The molecular weight excluding hydrogens is 485 g/mol. The lowest BCUT2D eigenvalue weighted by Gasteiger charge is -2.37. The van der Waals surface area contributed by atoms with E-state index in [1.165, 1.54) is 0 Å². The van der Waals surface area contributed by atoms with Gasteiger partial charge < -0.3 is 19.6 Å². The first kappa shape index (κ1) is 24.8. The molecule has 2 saturated carbocycles. The molecule has 196 valence electrons. The van der Waals surface area contributed by atoms with Crippen molar-refractivity contribution >= 4 is 22.7 Å². The third kappa shape index (κ3) is 4.22. The summed E-state index contributed by atoms with van der Waals surface area (Å²) in [7, 11) is 0. The van der Waals surface area contributed by atoms with Gasteiger partial charge in [0.15, 0.2) is 11.6 Å². The number of carbonyl (C=O) groups excluding carboxylic acids is 2. The molecule has 0 unspecified atom stereocenters. The van der Waals surface area contributed by atoms with Crippen molar-refractivity contribution < 1.29 is 28.2 Å². The van der Waals surface area contributed by atoms with E-state index in [1.54, 1.807) is 18.2 Å². The molecule has 1 aromatic heterocycles. The summed E-state index contributed by atoms with van der Waals surface area (Å²) in [4.78, 5) is 26.7. The number of nitrogens with one attached hydrogen (secondary N) is 1. The van der Waals surface area contributed by atoms with Gasteiger partial charge in [-0.25, -0.2) is 4.39 Å². The highest BCUT2D eigenvalue weighted by Crippen LogP contribution is 2.49. The lowest BCUT2D eigenvalue weighted by atomic mass is 9.75. The smallest absolute Gasteiger partial charge is 0.290 e. The molecule has 2 N–H and O–H groups in total. The van der Waals surface area contributed by atoms with Gasteiger partial charge in [0.1, 0.15) is 11.2 Å². The number of carbonyl (C=O) groups is 2. The summed E-state index contributed by atoms with van der Waals surface area (Å²) in [5.74, 6) is 0.803. The van der Waals surface area contributed by atoms with E-state index in [-0.39, 0.29) is 36.4 Å². The summed E-state index contributed by atoms with van der Waals surface area (Å²) < 4.78 is 26.2. The number of ether oxygens (including phenoxy) is 1. The number of hydrogen-bond acceptors (Lipinski definition) is 5. The fourth-order valence-corrected chi connectivity index (χ4v) is 5.73. The van der Waals surface area contributed by atoms with Crippen LogP contribution >= 0.6 is 0 Å². The van der Waals surface area contributed by atoms with Crippen LogP contribution in [0.25, 0.3) is 22.1 Å². The third-order valence-corrected chi connectivity index (χ3v) is 8.53. The van der Waals surface area contributed by atoms with Crippen LogP contribution in [-0.4, -0.2) is 35.5 Å². The van der Waals surface area contributed by atoms with Crippen molar-refractivity contribution in [2.24, 2.45) is 5.41 Å². The average molecular weight is 516 g/mol. The number of benzene rings is 2. The van der Waals surface area contributed by atoms with Crippen molar-refractivity contribution in [2.45, 2.75) is 62.5 Å². The zero-order chi connectivity index (χ0) is 26.5. The Labute approximate surface area is 220 Å². The standard InChI is InChI=1S/C31H30FNO5/c1-2-29(14-15-29)17-25(34)30(12-4-3-5-13-30)33-28(35)27-26(32)23-11-8-21(16-24(23)38-27)20-6-9-22(10-7-20)31(36)18-37-19-31/h1,6-11,16,36H,3-5,12-15,17-19H2,(H,33,35). The molecule has 3 aliphatic rings. The van der Waals surface area contributed by atoms with E-state index >= 15 is 4.39 Å². The Morgan fingerprint density at radius 2 is 1.68 bits per heavy atom. The first-order valence-corrected chi connectivity index (χ1v) is 13.2. The second-order valence-corrected chi connectivity index (χ2v) is 11.2. The molecule has 3 aromatic rings. The van der Waals surface area contributed by atoms with Crippen LogP contribution in [0.2, 0.25) is 0 Å². The van der Waals surface area contributed by atoms with E-state index in [0.29, 0.717) is 12.8 Å². The van der Waals surface area contributed by atoms with Gasteiger partial charge in [-0.15, -0.1) is 6.42 Å². The predicted octanol–water partition coefficient (Wildman–Crippen LogP) is 5.26. The number of rotatable bonds is 7. The minimum atomic E-state index is -1.05. The molecule has 0 atom stereocenters. The lowest BCUT2D eigenvalue weighted by Crippen LogP contribution is -2.56. The van der Waals surface area contributed by atoms with Gasteiger partial charge >= 0.3 is 0 Å². The molecular formula is C31H30FNO5. The maximum atomic E-state index is 15.4. The van der Waals surface area contributed by atoms with Crippen LogP contribution in [0.15, 0.2) is 46.9 Å². The molecule has 7 heteroatoms. The molecule has 1 amide bonds. The summed E-state index contributed by atoms with van der Waals surface area (Å²) in [6, 6.07) is 12.5. The second kappa shape index (κ2) is 9.07. The van der Waals surface area contributed by atoms with E-state index in [9.17, 15) is 14.7 Å². The Kier molecular flexibility index (Phi) is 5.93. The van der Waals surface area contributed by atoms with Gasteiger partial charge in [0.05, 0.1) is 24.1 Å². The molecule has 0 spiro atoms. The molecule has 0 radical (unpaired) electrons. The van der Waals surface area contributed by atoms with Crippen molar-refractivity contribution in [3.63, 3.8) is 0 Å². The molecule has 2 aliphatic carbocycles. The van der Waals surface area contributed by atoms with Gasteiger partial charge in [0.25, 0.3) is 5.91 Å². The van der Waals surface area contributed by atoms with Crippen LogP contribution < -0.4 is 5.32 Å². The van der Waals surface area contributed by atoms with E-state index < -0.39 is 34.0 Å². The number of hydrogen-bond donors (Lipinski definition) is 2. The SMILES string of the molecule is C#CC1(CC(=O)C2(NC(=O)c3oc4cc(-c5ccc(C6(O)COC6)cc5)ccc4c3F)CCCCC2)CC1. The van der Waals surface area contributed by atoms with Gasteiger partial charge in [-0.05, 0) is 54.5 Å². The number of furan rings is 1. The van der Waals surface area contributed by atoms with Crippen LogP contribution in [0.5, 0.6) is 0 Å². The van der Waals surface area contributed by atoms with Crippen LogP contribution in [0.4, 0.5) is 4.39 Å². The highest BCUT2D eigenvalue weighted by molar-refractivity contribution is 6.01. The Morgan fingerprint density at radius 3 is 2.29 bits per heavy atom. The quantitative estimate of drug-likeness (QED) is 0.419. The fourth-order valence-electron chi connectivity index (χ4n) is 5.73. The van der Waals surface area contributed by atoms with Gasteiger partial charge in [0, 0.05) is 11.8 Å². The number of amides is 1. The van der Waals surface area contributed by atoms with Crippen molar-refractivity contribution in [1.82, 2.24) is 5.32 Å². The van der Waals surface area contributed by atoms with E-state index in [1.807, 2.05) is 24.3 Å². The minimum Gasteiger partial charge on any atom is -0.448 e. The van der Waals surface area contributed by atoms with E-state index in [0.717, 1.165) is 48.8 Å². The molecule has 1 saturated heterocycles. The predicted molar refractivity (Wildman–Crippen MR) is 140 cm³/mol. The number of fused-ring (bicyclic) bond motifs is 1. The summed E-state index contributed by atoms with van der Waals surface area (Å²) in [5.41, 5.74) is 0.267. The van der Waals surface area contributed by atoms with Crippen LogP contribution in [0.3, 0.4) is 0 Å². The Bertz CT molecular complexity index is 1450. The first-order valence-electron chi connectivity index (χ1n) is 13.2. The monoisotopic (exact) mass is 515 g/mol. The summed E-state index contributed by atoms with van der Waals surface area (Å²) in [6.45, 7) is 0.541. The van der Waals surface area contributed by atoms with Gasteiger partial charge in [-0.1, -0.05) is 55.5 Å². The first-order chi connectivity index (χ1) is 18.3. The largest absolute Gasteiger partial charge is 0.448 e. The van der Waals surface area contributed by atoms with E-state index in [2.05, 4.69) is 11.2 Å². The average Bonchev–Trinajstić information content (AvgIpc) is 3.62. The van der Waals surface area contributed by atoms with Gasteiger partial charge in [-0.2, -0.15) is 0 Å². The summed E-state index contributed by atoms with van der Waals surface area (Å²) in [5, 5.41) is 13.5. The molecule has 2 aromatic carbocycles. The normalized spacial score (nSPS) is 20.8. The summed E-state index contributed by atoms with van der Waals surface area (Å²) >= 11 is 0. The number of halogens is 1. The van der Waals surface area contributed by atoms with Gasteiger partial charge in [-0.3, -0.25) is 9.59 Å². The lowest BCUT2D eigenvalue weighted by molar-refractivity contribution is -0.184. The molecule has 1 aliphatic heterocycles. The fraction of sp³-hybridized carbons (Fsp3) is 0.419. The van der Waals surface area contributed by atoms with Crippen molar-refractivity contribution in [3.8, 4) is 23.5 Å². The maximum Gasteiger partial charge on any atom is 0.290 e. The van der Waals surface area contributed by atoms with E-state index in [4.69, 9.17) is 15.6 Å². The Morgan fingerprint density at radius 1 is 1.00 bits per heavy atom. The highest BCUT2D eigenvalue weighted by atomic mass is 19.1. The highest BCUT2D eigenvalue weighted by Gasteiger charge is 2.49. The molecule has 0 bridgehead atoms. The van der Waals surface area contributed by atoms with Crippen LogP contribution in [-0.2, 0) is 15.1 Å². The molecule has 3 fully saturated rings. The van der Waals surface area contributed by atoms with Gasteiger partial charge in [0.2, 0.25) is 5.76 Å². The number of ketones is 1.